The van der Waals surface area contributed by atoms with Crippen LogP contribution >= 0.6 is 11.6 Å². The van der Waals surface area contributed by atoms with Gasteiger partial charge in [-0.25, -0.2) is 0 Å². The third-order valence-corrected chi connectivity index (χ3v) is 3.16. The highest BCUT2D eigenvalue weighted by atomic mass is 35.5. The summed E-state index contributed by atoms with van der Waals surface area (Å²) >= 11 is 5.92. The van der Waals surface area contributed by atoms with Gasteiger partial charge in [0.2, 0.25) is 5.91 Å². The average molecular weight is 269 g/mol. The average Bonchev–Trinajstić information content (AvgIpc) is 2.26. The zero-order valence-corrected chi connectivity index (χ0v) is 12.1. The Morgan fingerprint density at radius 3 is 2.50 bits per heavy atom. The number of hydrogen-bond acceptors (Lipinski definition) is 2. The lowest BCUT2D eigenvalue weighted by molar-refractivity contribution is -0.125. The van der Waals surface area contributed by atoms with Crippen LogP contribution in [-0.2, 0) is 4.79 Å². The van der Waals surface area contributed by atoms with E-state index in [1.165, 1.54) is 0 Å². The van der Waals surface area contributed by atoms with Crippen LogP contribution in [0.5, 0.6) is 0 Å². The second-order valence-electron chi connectivity index (χ2n) is 5.63. The lowest BCUT2D eigenvalue weighted by Gasteiger charge is -2.27. The molecule has 1 aromatic rings. The standard InChI is InChI=1S/C14H21ClN2O/c1-9(10-6-5-7-11(15)8-10)17-13(18)12(16)14(2,3)4/h5-9,12H,16H2,1-4H3,(H,17,18)/t9?,12-/m1/s1. The number of rotatable bonds is 3. The molecular weight excluding hydrogens is 248 g/mol. The van der Waals surface area contributed by atoms with E-state index in [4.69, 9.17) is 17.3 Å². The molecule has 0 bridgehead atoms. The third kappa shape index (κ3) is 4.00. The number of amides is 1. The summed E-state index contributed by atoms with van der Waals surface area (Å²) in [5.41, 5.74) is 6.63. The SMILES string of the molecule is CC(NC(=O)[C@@H](N)C(C)(C)C)c1cccc(Cl)c1. The predicted molar refractivity (Wildman–Crippen MR) is 75.4 cm³/mol. The molecule has 0 spiro atoms. The summed E-state index contributed by atoms with van der Waals surface area (Å²) < 4.78 is 0. The number of benzene rings is 1. The molecular formula is C14H21ClN2O. The van der Waals surface area contributed by atoms with Crippen LogP contribution in [0.1, 0.15) is 39.3 Å². The number of halogens is 1. The molecule has 1 rings (SSSR count). The third-order valence-electron chi connectivity index (χ3n) is 2.92. The molecule has 0 radical (unpaired) electrons. The van der Waals surface area contributed by atoms with Crippen LogP contribution in [0.4, 0.5) is 0 Å². The molecule has 1 unspecified atom stereocenters. The lowest BCUT2D eigenvalue weighted by atomic mass is 9.86. The molecule has 0 aliphatic carbocycles. The van der Waals surface area contributed by atoms with Crippen LogP contribution in [0.25, 0.3) is 0 Å². The summed E-state index contributed by atoms with van der Waals surface area (Å²) in [5.74, 6) is -0.144. The molecule has 100 valence electrons. The van der Waals surface area contributed by atoms with Crippen molar-refractivity contribution in [2.24, 2.45) is 11.1 Å². The number of hydrogen-bond donors (Lipinski definition) is 2. The minimum Gasteiger partial charge on any atom is -0.348 e. The van der Waals surface area contributed by atoms with E-state index in [-0.39, 0.29) is 17.4 Å². The van der Waals surface area contributed by atoms with Gasteiger partial charge in [-0.1, -0.05) is 44.5 Å². The molecule has 0 aromatic heterocycles. The smallest absolute Gasteiger partial charge is 0.237 e. The highest BCUT2D eigenvalue weighted by Crippen LogP contribution is 2.20. The highest BCUT2D eigenvalue weighted by Gasteiger charge is 2.28. The molecule has 3 nitrogen and oxygen atoms in total. The first-order chi connectivity index (χ1) is 8.21. The molecule has 18 heavy (non-hydrogen) atoms. The van der Waals surface area contributed by atoms with Crippen molar-refractivity contribution in [3.63, 3.8) is 0 Å². The highest BCUT2D eigenvalue weighted by molar-refractivity contribution is 6.30. The van der Waals surface area contributed by atoms with Gasteiger partial charge in [0.1, 0.15) is 0 Å². The first kappa shape index (κ1) is 15.0. The molecule has 1 aromatic carbocycles. The van der Waals surface area contributed by atoms with Crippen LogP contribution in [0.2, 0.25) is 5.02 Å². The van der Waals surface area contributed by atoms with Crippen molar-refractivity contribution < 1.29 is 4.79 Å². The first-order valence-electron chi connectivity index (χ1n) is 6.03. The summed E-state index contributed by atoms with van der Waals surface area (Å²) in [6.45, 7) is 7.75. The van der Waals surface area contributed by atoms with E-state index in [2.05, 4.69) is 5.32 Å². The Morgan fingerprint density at radius 1 is 1.39 bits per heavy atom. The van der Waals surface area contributed by atoms with Gasteiger partial charge in [-0.3, -0.25) is 4.79 Å². The van der Waals surface area contributed by atoms with Crippen molar-refractivity contribution in [2.75, 3.05) is 0 Å². The molecule has 0 fully saturated rings. The van der Waals surface area contributed by atoms with Crippen molar-refractivity contribution in [2.45, 2.75) is 39.8 Å². The molecule has 0 saturated carbocycles. The van der Waals surface area contributed by atoms with Crippen LogP contribution < -0.4 is 11.1 Å². The molecule has 0 heterocycles. The maximum Gasteiger partial charge on any atom is 0.237 e. The molecule has 0 saturated heterocycles. The van der Waals surface area contributed by atoms with Crippen LogP contribution in [0.15, 0.2) is 24.3 Å². The molecule has 3 N–H and O–H groups in total. The normalized spacial score (nSPS) is 15.0. The molecule has 0 aliphatic heterocycles. The van der Waals surface area contributed by atoms with Crippen LogP contribution in [-0.4, -0.2) is 11.9 Å². The number of carbonyl (C=O) groups excluding carboxylic acids is 1. The Morgan fingerprint density at radius 2 is 2.00 bits per heavy atom. The van der Waals surface area contributed by atoms with Gasteiger partial charge in [0.25, 0.3) is 0 Å². The number of nitrogens with one attached hydrogen (secondary N) is 1. The monoisotopic (exact) mass is 268 g/mol. The topological polar surface area (TPSA) is 55.1 Å². The van der Waals surface area contributed by atoms with E-state index in [1.807, 2.05) is 45.9 Å². The van der Waals surface area contributed by atoms with E-state index in [0.717, 1.165) is 5.56 Å². The van der Waals surface area contributed by atoms with Gasteiger partial charge in [-0.15, -0.1) is 0 Å². The van der Waals surface area contributed by atoms with Crippen molar-refractivity contribution in [3.8, 4) is 0 Å². The second kappa shape index (κ2) is 5.72. The van der Waals surface area contributed by atoms with Gasteiger partial charge in [0.05, 0.1) is 12.1 Å². The Hall–Kier alpha value is -1.06. The molecule has 2 atom stereocenters. The summed E-state index contributed by atoms with van der Waals surface area (Å²) in [5, 5.41) is 3.57. The minimum absolute atomic E-state index is 0.107. The number of nitrogens with two attached hydrogens (primary N) is 1. The largest absolute Gasteiger partial charge is 0.348 e. The van der Waals surface area contributed by atoms with E-state index in [0.29, 0.717) is 5.02 Å². The van der Waals surface area contributed by atoms with Gasteiger partial charge in [0, 0.05) is 5.02 Å². The first-order valence-corrected chi connectivity index (χ1v) is 6.41. The van der Waals surface area contributed by atoms with Gasteiger partial charge in [-0.05, 0) is 30.0 Å². The fourth-order valence-electron chi connectivity index (χ4n) is 1.56. The fraction of sp³-hybridized carbons (Fsp3) is 0.500. The zero-order valence-electron chi connectivity index (χ0n) is 11.3. The van der Waals surface area contributed by atoms with E-state index < -0.39 is 6.04 Å². The van der Waals surface area contributed by atoms with E-state index in [9.17, 15) is 4.79 Å². The second-order valence-corrected chi connectivity index (χ2v) is 6.07. The summed E-state index contributed by atoms with van der Waals surface area (Å²) in [6, 6.07) is 6.81. The van der Waals surface area contributed by atoms with E-state index >= 15 is 0 Å². The summed E-state index contributed by atoms with van der Waals surface area (Å²) in [6.07, 6.45) is 0. The van der Waals surface area contributed by atoms with Crippen molar-refractivity contribution in [1.29, 1.82) is 0 Å². The molecule has 1 amide bonds. The quantitative estimate of drug-likeness (QED) is 0.886. The fourth-order valence-corrected chi connectivity index (χ4v) is 1.75. The van der Waals surface area contributed by atoms with Crippen molar-refractivity contribution >= 4 is 17.5 Å². The van der Waals surface area contributed by atoms with Crippen molar-refractivity contribution in [1.82, 2.24) is 5.32 Å². The molecule has 0 aliphatic rings. The Balaban J connectivity index is 2.71. The summed E-state index contributed by atoms with van der Waals surface area (Å²) in [7, 11) is 0. The van der Waals surface area contributed by atoms with E-state index in [1.54, 1.807) is 6.07 Å². The van der Waals surface area contributed by atoms with Gasteiger partial charge < -0.3 is 11.1 Å². The lowest BCUT2D eigenvalue weighted by Crippen LogP contribution is -2.49. The minimum atomic E-state index is -0.529. The number of carbonyl (C=O) groups is 1. The maximum absolute atomic E-state index is 12.0. The van der Waals surface area contributed by atoms with Gasteiger partial charge >= 0.3 is 0 Å². The predicted octanol–water partition coefficient (Wildman–Crippen LogP) is 2.89. The Labute approximate surface area is 114 Å². The maximum atomic E-state index is 12.0. The van der Waals surface area contributed by atoms with Crippen LogP contribution in [0.3, 0.4) is 0 Å². The van der Waals surface area contributed by atoms with Crippen molar-refractivity contribution in [3.05, 3.63) is 34.9 Å². The van der Waals surface area contributed by atoms with Gasteiger partial charge in [-0.2, -0.15) is 0 Å². The Kier molecular flexibility index (Phi) is 4.77. The Bertz CT molecular complexity index is 426. The van der Waals surface area contributed by atoms with Gasteiger partial charge in [0.15, 0.2) is 0 Å². The van der Waals surface area contributed by atoms with Crippen LogP contribution in [0, 0.1) is 5.41 Å². The zero-order chi connectivity index (χ0) is 13.9. The molecule has 4 heteroatoms. The summed E-state index contributed by atoms with van der Waals surface area (Å²) in [4.78, 5) is 12.0.